The third-order valence-electron chi connectivity index (χ3n) is 3.28. The smallest absolute Gasteiger partial charge is 0.218 e. The Kier molecular flexibility index (Phi) is 5.97. The molecule has 2 rings (SSSR count). The van der Waals surface area contributed by atoms with Crippen molar-refractivity contribution in [2.75, 3.05) is 38.8 Å². The molecule has 1 aliphatic rings. The molecular formula is C13H23N5O2. The molecule has 2 heterocycles. The van der Waals surface area contributed by atoms with E-state index in [2.05, 4.69) is 20.3 Å². The van der Waals surface area contributed by atoms with Gasteiger partial charge < -0.3 is 14.9 Å². The van der Waals surface area contributed by atoms with Crippen molar-refractivity contribution in [3.8, 4) is 5.88 Å². The van der Waals surface area contributed by atoms with Crippen molar-refractivity contribution >= 4 is 5.82 Å². The number of hydrazine groups is 1. The lowest BCUT2D eigenvalue weighted by Gasteiger charge is -2.26. The summed E-state index contributed by atoms with van der Waals surface area (Å²) in [5.74, 6) is 6.99. The number of ether oxygens (including phenoxy) is 2. The molecule has 0 unspecified atom stereocenters. The zero-order valence-corrected chi connectivity index (χ0v) is 12.0. The first-order valence-corrected chi connectivity index (χ1v) is 7.00. The van der Waals surface area contributed by atoms with Crippen LogP contribution in [0, 0.1) is 0 Å². The number of nitrogen functional groups attached to an aromatic ring is 1. The molecule has 0 atom stereocenters. The summed E-state index contributed by atoms with van der Waals surface area (Å²) in [6.07, 6.45) is 3.91. The van der Waals surface area contributed by atoms with Crippen molar-refractivity contribution in [2.24, 2.45) is 5.84 Å². The topological polar surface area (TPSA) is 85.5 Å². The number of hydrogen-bond acceptors (Lipinski definition) is 7. The van der Waals surface area contributed by atoms with Gasteiger partial charge in [-0.3, -0.25) is 4.90 Å². The Labute approximate surface area is 119 Å². The van der Waals surface area contributed by atoms with Crippen molar-refractivity contribution < 1.29 is 9.47 Å². The van der Waals surface area contributed by atoms with Crippen LogP contribution in [0.2, 0.25) is 0 Å². The Morgan fingerprint density at radius 2 is 2.10 bits per heavy atom. The largest absolute Gasteiger partial charge is 0.476 e. The molecular weight excluding hydrogens is 258 g/mol. The quantitative estimate of drug-likeness (QED) is 0.564. The zero-order valence-electron chi connectivity index (χ0n) is 12.0. The van der Waals surface area contributed by atoms with E-state index in [0.29, 0.717) is 30.7 Å². The van der Waals surface area contributed by atoms with E-state index >= 15 is 0 Å². The predicted molar refractivity (Wildman–Crippen MR) is 76.3 cm³/mol. The van der Waals surface area contributed by atoms with Gasteiger partial charge in [0.15, 0.2) is 5.82 Å². The number of rotatable bonds is 7. The molecule has 1 saturated heterocycles. The SMILES string of the molecule is COCc1nc(NN)cc(OCCN2CCCCC2)n1. The van der Waals surface area contributed by atoms with Gasteiger partial charge in [-0.05, 0) is 25.9 Å². The fourth-order valence-electron chi connectivity index (χ4n) is 2.28. The van der Waals surface area contributed by atoms with Crippen LogP contribution < -0.4 is 16.0 Å². The molecule has 7 heteroatoms. The standard InChI is InChI=1S/C13H23N5O2/c1-19-10-12-15-11(17-14)9-13(16-12)20-8-7-18-5-3-2-4-6-18/h9H,2-8,10,14H2,1H3,(H,15,16,17). The summed E-state index contributed by atoms with van der Waals surface area (Å²) < 4.78 is 10.7. The molecule has 1 fully saturated rings. The monoisotopic (exact) mass is 281 g/mol. The van der Waals surface area contributed by atoms with Crippen LogP contribution in [0.1, 0.15) is 25.1 Å². The Hall–Kier alpha value is -1.44. The van der Waals surface area contributed by atoms with Crippen LogP contribution in [-0.2, 0) is 11.3 Å². The molecule has 0 saturated carbocycles. The number of likely N-dealkylation sites (tertiary alicyclic amines) is 1. The van der Waals surface area contributed by atoms with Crippen LogP contribution >= 0.6 is 0 Å². The van der Waals surface area contributed by atoms with E-state index in [0.717, 1.165) is 19.6 Å². The summed E-state index contributed by atoms with van der Waals surface area (Å²) >= 11 is 0. The average molecular weight is 281 g/mol. The molecule has 0 aliphatic carbocycles. The van der Waals surface area contributed by atoms with E-state index < -0.39 is 0 Å². The molecule has 3 N–H and O–H groups in total. The molecule has 0 bridgehead atoms. The zero-order chi connectivity index (χ0) is 14.2. The second-order valence-electron chi connectivity index (χ2n) is 4.84. The van der Waals surface area contributed by atoms with Crippen molar-refractivity contribution in [3.63, 3.8) is 0 Å². The lowest BCUT2D eigenvalue weighted by Crippen LogP contribution is -2.33. The van der Waals surface area contributed by atoms with Gasteiger partial charge in [-0.2, -0.15) is 4.98 Å². The fraction of sp³-hybridized carbons (Fsp3) is 0.692. The highest BCUT2D eigenvalue weighted by atomic mass is 16.5. The maximum atomic E-state index is 5.69. The molecule has 112 valence electrons. The number of anilines is 1. The first-order valence-electron chi connectivity index (χ1n) is 7.00. The summed E-state index contributed by atoms with van der Waals surface area (Å²) in [7, 11) is 1.60. The highest BCUT2D eigenvalue weighted by Crippen LogP contribution is 2.14. The normalized spacial score (nSPS) is 16.1. The van der Waals surface area contributed by atoms with Crippen LogP contribution in [0.5, 0.6) is 5.88 Å². The minimum Gasteiger partial charge on any atom is -0.476 e. The second-order valence-corrected chi connectivity index (χ2v) is 4.84. The number of methoxy groups -OCH3 is 1. The highest BCUT2D eigenvalue weighted by molar-refractivity contribution is 5.36. The molecule has 7 nitrogen and oxygen atoms in total. The summed E-state index contributed by atoms with van der Waals surface area (Å²) in [4.78, 5) is 10.9. The molecule has 0 radical (unpaired) electrons. The van der Waals surface area contributed by atoms with Gasteiger partial charge in [-0.15, -0.1) is 0 Å². The van der Waals surface area contributed by atoms with Crippen LogP contribution in [0.4, 0.5) is 5.82 Å². The van der Waals surface area contributed by atoms with Gasteiger partial charge in [0.2, 0.25) is 5.88 Å². The third-order valence-corrected chi connectivity index (χ3v) is 3.28. The van der Waals surface area contributed by atoms with Crippen LogP contribution in [-0.4, -0.2) is 48.2 Å². The number of nitrogens with one attached hydrogen (secondary N) is 1. The molecule has 1 aliphatic heterocycles. The van der Waals surface area contributed by atoms with Gasteiger partial charge in [0.25, 0.3) is 0 Å². The Bertz CT molecular complexity index is 410. The van der Waals surface area contributed by atoms with Crippen LogP contribution in [0.15, 0.2) is 6.07 Å². The van der Waals surface area contributed by atoms with E-state index in [1.807, 2.05) is 0 Å². The Morgan fingerprint density at radius 1 is 1.30 bits per heavy atom. The van der Waals surface area contributed by atoms with Gasteiger partial charge in [-0.25, -0.2) is 10.8 Å². The average Bonchev–Trinajstić information content (AvgIpc) is 2.48. The molecule has 0 spiro atoms. The van der Waals surface area contributed by atoms with Gasteiger partial charge in [0.1, 0.15) is 19.0 Å². The fourth-order valence-corrected chi connectivity index (χ4v) is 2.28. The maximum Gasteiger partial charge on any atom is 0.218 e. The van der Waals surface area contributed by atoms with Crippen molar-refractivity contribution in [2.45, 2.75) is 25.9 Å². The number of nitrogens with two attached hydrogens (primary N) is 1. The molecule has 20 heavy (non-hydrogen) atoms. The summed E-state index contributed by atoms with van der Waals surface area (Å²) in [6.45, 7) is 4.20. The highest BCUT2D eigenvalue weighted by Gasteiger charge is 2.10. The lowest BCUT2D eigenvalue weighted by atomic mass is 10.1. The Morgan fingerprint density at radius 3 is 2.80 bits per heavy atom. The van der Waals surface area contributed by atoms with Crippen LogP contribution in [0.25, 0.3) is 0 Å². The van der Waals surface area contributed by atoms with Gasteiger partial charge in [0, 0.05) is 19.7 Å². The minimum absolute atomic E-state index is 0.331. The third kappa shape index (κ3) is 4.59. The van der Waals surface area contributed by atoms with E-state index in [1.54, 1.807) is 13.2 Å². The van der Waals surface area contributed by atoms with Gasteiger partial charge in [-0.1, -0.05) is 6.42 Å². The Balaban J connectivity index is 1.85. The van der Waals surface area contributed by atoms with Gasteiger partial charge in [0.05, 0.1) is 0 Å². The predicted octanol–water partition coefficient (Wildman–Crippen LogP) is 0.773. The number of piperidine rings is 1. The maximum absolute atomic E-state index is 5.69. The van der Waals surface area contributed by atoms with Crippen LogP contribution in [0.3, 0.4) is 0 Å². The molecule has 0 aromatic carbocycles. The number of hydrogen-bond donors (Lipinski definition) is 2. The van der Waals surface area contributed by atoms with Crippen molar-refractivity contribution in [3.05, 3.63) is 11.9 Å². The summed E-state index contributed by atoms with van der Waals surface area (Å²) in [6, 6.07) is 1.69. The number of nitrogens with zero attached hydrogens (tertiary/aromatic N) is 3. The first kappa shape index (κ1) is 15.0. The molecule has 1 aromatic rings. The number of aromatic nitrogens is 2. The summed E-state index contributed by atoms with van der Waals surface area (Å²) in [5.41, 5.74) is 2.51. The first-order chi connectivity index (χ1) is 9.81. The lowest BCUT2D eigenvalue weighted by molar-refractivity contribution is 0.170. The molecule has 1 aromatic heterocycles. The van der Waals surface area contributed by atoms with Crippen molar-refractivity contribution in [1.29, 1.82) is 0 Å². The van der Waals surface area contributed by atoms with E-state index in [1.165, 1.54) is 19.3 Å². The van der Waals surface area contributed by atoms with E-state index in [9.17, 15) is 0 Å². The minimum atomic E-state index is 0.331. The molecule has 0 amide bonds. The van der Waals surface area contributed by atoms with E-state index in [-0.39, 0.29) is 0 Å². The van der Waals surface area contributed by atoms with E-state index in [4.69, 9.17) is 15.3 Å². The summed E-state index contributed by atoms with van der Waals surface area (Å²) in [5, 5.41) is 0. The van der Waals surface area contributed by atoms with Crippen molar-refractivity contribution in [1.82, 2.24) is 14.9 Å². The van der Waals surface area contributed by atoms with Gasteiger partial charge >= 0.3 is 0 Å². The second kappa shape index (κ2) is 7.98.